The molecule has 0 aliphatic heterocycles. The Morgan fingerprint density at radius 2 is 2.08 bits per heavy atom. The molecule has 2 aromatic rings. The highest BCUT2D eigenvalue weighted by molar-refractivity contribution is 6.19. The number of rotatable bonds is 2. The van der Waals surface area contributed by atoms with Gasteiger partial charge in [0.1, 0.15) is 0 Å². The molecule has 66 valence electrons. The Kier molecular flexibility index (Phi) is 2.37. The first-order valence-corrected chi connectivity index (χ1v) is 4.73. The van der Waals surface area contributed by atoms with Crippen molar-refractivity contribution >= 4 is 28.7 Å². The Balaban J connectivity index is 2.52. The Labute approximate surface area is 82.2 Å². The predicted octanol–water partition coefficient (Wildman–Crippen LogP) is 3.35. The molecule has 0 aliphatic carbocycles. The van der Waals surface area contributed by atoms with E-state index >= 15 is 0 Å². The van der Waals surface area contributed by atoms with Gasteiger partial charge in [-0.15, -0.1) is 11.6 Å². The third-order valence-corrected chi connectivity index (χ3v) is 2.16. The van der Waals surface area contributed by atoms with Crippen LogP contribution in [0.4, 0.5) is 0 Å². The van der Waals surface area contributed by atoms with Gasteiger partial charge in [0.25, 0.3) is 0 Å². The molecule has 0 amide bonds. The minimum atomic E-state index is 0.548. The van der Waals surface area contributed by atoms with Crippen LogP contribution in [0, 0.1) is 0 Å². The highest BCUT2D eigenvalue weighted by atomic mass is 35.5. The van der Waals surface area contributed by atoms with Gasteiger partial charge in [0.05, 0.1) is 5.52 Å². The van der Waals surface area contributed by atoms with Gasteiger partial charge in [0.15, 0.2) is 0 Å². The summed E-state index contributed by atoms with van der Waals surface area (Å²) in [6.45, 7) is 0. The Morgan fingerprint density at radius 3 is 2.92 bits per heavy atom. The van der Waals surface area contributed by atoms with E-state index in [1.807, 2.05) is 30.6 Å². The van der Waals surface area contributed by atoms with Gasteiger partial charge in [0, 0.05) is 18.3 Å². The number of allylic oxidation sites excluding steroid dienone is 1. The molecule has 0 aliphatic rings. The van der Waals surface area contributed by atoms with E-state index in [4.69, 9.17) is 11.6 Å². The first kappa shape index (κ1) is 8.39. The standard InChI is InChI=1S/C11H10ClN/c12-7-3-8-13-9-6-10-4-1-2-5-11(10)13/h1-6,8-9H,7H2. The van der Waals surface area contributed by atoms with Crippen LogP contribution in [0.25, 0.3) is 17.1 Å². The van der Waals surface area contributed by atoms with E-state index in [1.165, 1.54) is 10.9 Å². The molecule has 13 heavy (non-hydrogen) atoms. The average molecular weight is 192 g/mol. The number of hydrogen-bond acceptors (Lipinski definition) is 0. The van der Waals surface area contributed by atoms with Gasteiger partial charge >= 0.3 is 0 Å². The quantitative estimate of drug-likeness (QED) is 0.642. The van der Waals surface area contributed by atoms with Crippen LogP contribution in [0.15, 0.2) is 42.6 Å². The van der Waals surface area contributed by atoms with Crippen LogP contribution in [0.3, 0.4) is 0 Å². The van der Waals surface area contributed by atoms with Crippen molar-refractivity contribution in [2.45, 2.75) is 0 Å². The van der Waals surface area contributed by atoms with Crippen molar-refractivity contribution < 1.29 is 0 Å². The molecule has 1 heterocycles. The van der Waals surface area contributed by atoms with Crippen LogP contribution >= 0.6 is 11.6 Å². The second-order valence-electron chi connectivity index (χ2n) is 2.82. The molecule has 0 N–H and O–H groups in total. The number of hydrogen-bond donors (Lipinski definition) is 0. The molecule has 2 heteroatoms. The summed E-state index contributed by atoms with van der Waals surface area (Å²) in [6.07, 6.45) is 5.94. The summed E-state index contributed by atoms with van der Waals surface area (Å²) < 4.78 is 2.07. The highest BCUT2D eigenvalue weighted by Gasteiger charge is 1.94. The van der Waals surface area contributed by atoms with Crippen LogP contribution in [-0.4, -0.2) is 10.4 Å². The molecule has 1 nitrogen and oxygen atoms in total. The van der Waals surface area contributed by atoms with Gasteiger partial charge in [-0.25, -0.2) is 0 Å². The highest BCUT2D eigenvalue weighted by Crippen LogP contribution is 2.14. The topological polar surface area (TPSA) is 4.93 Å². The van der Waals surface area contributed by atoms with Crippen LogP contribution in [0.5, 0.6) is 0 Å². The molecule has 0 unspecified atom stereocenters. The maximum atomic E-state index is 5.57. The fraction of sp³-hybridized carbons (Fsp3) is 0.0909. The van der Waals surface area contributed by atoms with Gasteiger partial charge in [-0.1, -0.05) is 24.3 Å². The van der Waals surface area contributed by atoms with Crippen LogP contribution in [0.2, 0.25) is 0 Å². The molecule has 0 fully saturated rings. The minimum Gasteiger partial charge on any atom is -0.324 e. The molecule has 0 atom stereocenters. The normalized spacial score (nSPS) is 11.5. The third kappa shape index (κ3) is 1.61. The summed E-state index contributed by atoms with van der Waals surface area (Å²) in [5.41, 5.74) is 1.21. The second-order valence-corrected chi connectivity index (χ2v) is 3.13. The zero-order chi connectivity index (χ0) is 9.10. The Hall–Kier alpha value is -1.21. The molecule has 0 spiro atoms. The first-order chi connectivity index (χ1) is 6.42. The zero-order valence-electron chi connectivity index (χ0n) is 7.15. The number of aromatic nitrogens is 1. The van der Waals surface area contributed by atoms with Crippen LogP contribution < -0.4 is 0 Å². The van der Waals surface area contributed by atoms with Gasteiger partial charge in [-0.2, -0.15) is 0 Å². The average Bonchev–Trinajstić information content (AvgIpc) is 2.58. The zero-order valence-corrected chi connectivity index (χ0v) is 7.91. The van der Waals surface area contributed by atoms with Crippen LogP contribution in [-0.2, 0) is 0 Å². The first-order valence-electron chi connectivity index (χ1n) is 4.20. The fourth-order valence-electron chi connectivity index (χ4n) is 1.39. The molecule has 0 bridgehead atoms. The van der Waals surface area contributed by atoms with Gasteiger partial charge < -0.3 is 4.57 Å². The van der Waals surface area contributed by atoms with Crippen molar-refractivity contribution in [2.24, 2.45) is 0 Å². The van der Waals surface area contributed by atoms with Crippen molar-refractivity contribution in [3.05, 3.63) is 42.6 Å². The summed E-state index contributed by atoms with van der Waals surface area (Å²) in [7, 11) is 0. The summed E-state index contributed by atoms with van der Waals surface area (Å²) in [5, 5.41) is 1.25. The lowest BCUT2D eigenvalue weighted by molar-refractivity contribution is 1.22. The van der Waals surface area contributed by atoms with Crippen molar-refractivity contribution in [2.75, 3.05) is 5.88 Å². The van der Waals surface area contributed by atoms with Crippen molar-refractivity contribution in [3.63, 3.8) is 0 Å². The number of fused-ring (bicyclic) bond motifs is 1. The maximum absolute atomic E-state index is 5.57. The summed E-state index contributed by atoms with van der Waals surface area (Å²) in [5.74, 6) is 0.548. The maximum Gasteiger partial charge on any atom is 0.0522 e. The van der Waals surface area contributed by atoms with E-state index in [1.54, 1.807) is 0 Å². The van der Waals surface area contributed by atoms with Gasteiger partial charge in [0.2, 0.25) is 0 Å². The third-order valence-electron chi connectivity index (χ3n) is 1.98. The van der Waals surface area contributed by atoms with E-state index in [-0.39, 0.29) is 0 Å². The number of alkyl halides is 1. The van der Waals surface area contributed by atoms with E-state index in [0.29, 0.717) is 5.88 Å². The number of halogens is 1. The van der Waals surface area contributed by atoms with E-state index in [9.17, 15) is 0 Å². The van der Waals surface area contributed by atoms with Crippen molar-refractivity contribution in [1.29, 1.82) is 0 Å². The fourth-order valence-corrected chi connectivity index (χ4v) is 1.47. The van der Waals surface area contributed by atoms with Crippen molar-refractivity contribution in [1.82, 2.24) is 4.57 Å². The molecule has 1 aromatic carbocycles. The van der Waals surface area contributed by atoms with E-state index in [0.717, 1.165) is 0 Å². The lowest BCUT2D eigenvalue weighted by Gasteiger charge is -1.95. The van der Waals surface area contributed by atoms with Crippen molar-refractivity contribution in [3.8, 4) is 0 Å². The molecular formula is C11H10ClN. The molecular weight excluding hydrogens is 182 g/mol. The summed E-state index contributed by atoms with van der Waals surface area (Å²) >= 11 is 5.57. The summed E-state index contributed by atoms with van der Waals surface area (Å²) in [6, 6.07) is 10.4. The smallest absolute Gasteiger partial charge is 0.0522 e. The largest absolute Gasteiger partial charge is 0.324 e. The lowest BCUT2D eigenvalue weighted by atomic mass is 10.2. The van der Waals surface area contributed by atoms with E-state index in [2.05, 4.69) is 22.8 Å². The second kappa shape index (κ2) is 3.67. The number of nitrogens with zero attached hydrogens (tertiary/aromatic N) is 1. The molecule has 0 saturated heterocycles. The SMILES string of the molecule is ClCC=Cn1ccc2ccccc21. The molecule has 0 saturated carbocycles. The molecule has 1 aromatic heterocycles. The number of benzene rings is 1. The summed E-state index contributed by atoms with van der Waals surface area (Å²) in [4.78, 5) is 0. The van der Waals surface area contributed by atoms with Gasteiger partial charge in [-0.3, -0.25) is 0 Å². The molecule has 0 radical (unpaired) electrons. The predicted molar refractivity (Wildman–Crippen MR) is 58.0 cm³/mol. The van der Waals surface area contributed by atoms with Gasteiger partial charge in [-0.05, 0) is 17.5 Å². The number of para-hydroxylation sites is 1. The lowest BCUT2D eigenvalue weighted by Crippen LogP contribution is -1.81. The van der Waals surface area contributed by atoms with E-state index < -0.39 is 0 Å². The molecule has 2 rings (SSSR count). The monoisotopic (exact) mass is 191 g/mol. The Bertz CT molecular complexity index is 428. The Morgan fingerprint density at radius 1 is 1.23 bits per heavy atom. The minimum absolute atomic E-state index is 0.548. The van der Waals surface area contributed by atoms with Crippen LogP contribution in [0.1, 0.15) is 0 Å².